The van der Waals surface area contributed by atoms with E-state index in [9.17, 15) is 5.11 Å². The topological polar surface area (TPSA) is 55.5 Å². The molecule has 2 heterocycles. The Bertz CT molecular complexity index is 499. The maximum absolute atomic E-state index is 9.41. The molecule has 0 spiro atoms. The highest BCUT2D eigenvalue weighted by Crippen LogP contribution is 2.13. The lowest BCUT2D eigenvalue weighted by molar-refractivity contribution is -0.0625. The number of rotatable bonds is 5. The fourth-order valence-corrected chi connectivity index (χ4v) is 2.78. The van der Waals surface area contributed by atoms with Gasteiger partial charge < -0.3 is 14.4 Å². The molecule has 1 aliphatic rings. The Balaban J connectivity index is 2.18. The number of aromatic nitrogens is 3. The Hall–Kier alpha value is -0.760. The summed E-state index contributed by atoms with van der Waals surface area (Å²) >= 11 is 5.48. The Labute approximate surface area is 125 Å². The summed E-state index contributed by atoms with van der Waals surface area (Å²) in [5, 5.41) is 13.8. The van der Waals surface area contributed by atoms with Crippen LogP contribution in [-0.4, -0.2) is 49.7 Å². The monoisotopic (exact) mass is 300 g/mol. The Morgan fingerprint density at radius 3 is 2.85 bits per heavy atom. The number of hydrogen-bond acceptors (Lipinski definition) is 5. The first-order chi connectivity index (χ1) is 9.56. The summed E-state index contributed by atoms with van der Waals surface area (Å²) in [6, 6.07) is 0.349. The van der Waals surface area contributed by atoms with Gasteiger partial charge in [-0.1, -0.05) is 6.92 Å². The van der Waals surface area contributed by atoms with Crippen molar-refractivity contribution in [3.8, 4) is 0 Å². The van der Waals surface area contributed by atoms with E-state index in [1.165, 1.54) is 0 Å². The number of morpholine rings is 1. The van der Waals surface area contributed by atoms with Crippen molar-refractivity contribution in [2.75, 3.05) is 13.2 Å². The molecule has 0 saturated carbocycles. The second-order valence-corrected chi connectivity index (χ2v) is 5.78. The smallest absolute Gasteiger partial charge is 0.199 e. The average molecular weight is 300 g/mol. The minimum absolute atomic E-state index is 0.0777. The molecule has 6 nitrogen and oxygen atoms in total. The van der Waals surface area contributed by atoms with Crippen molar-refractivity contribution in [3.05, 3.63) is 10.6 Å². The van der Waals surface area contributed by atoms with Gasteiger partial charge in [-0.25, -0.2) is 4.68 Å². The van der Waals surface area contributed by atoms with Crippen molar-refractivity contribution in [1.29, 1.82) is 0 Å². The van der Waals surface area contributed by atoms with E-state index in [0.717, 1.165) is 26.1 Å². The highest BCUT2D eigenvalue weighted by molar-refractivity contribution is 7.71. The van der Waals surface area contributed by atoms with Crippen molar-refractivity contribution < 1.29 is 9.84 Å². The van der Waals surface area contributed by atoms with Gasteiger partial charge >= 0.3 is 0 Å². The van der Waals surface area contributed by atoms with Gasteiger partial charge in [0, 0.05) is 19.1 Å². The quantitative estimate of drug-likeness (QED) is 0.833. The molecule has 2 rings (SSSR count). The molecule has 0 amide bonds. The van der Waals surface area contributed by atoms with Gasteiger partial charge in [0.2, 0.25) is 0 Å². The molecular weight excluding hydrogens is 276 g/mol. The molecule has 2 unspecified atom stereocenters. The summed E-state index contributed by atoms with van der Waals surface area (Å²) in [6.45, 7) is 9.28. The van der Waals surface area contributed by atoms with Crippen LogP contribution in [0.15, 0.2) is 0 Å². The first kappa shape index (κ1) is 15.6. The van der Waals surface area contributed by atoms with Crippen LogP contribution < -0.4 is 0 Å². The standard InChI is InChI=1S/C13H24N4O2S/c1-4-5-16-12(7-18)14-17(13(16)20)9-15-6-11(3)19-8-10(15)2/h10-11,18H,4-9H2,1-3H3. The molecular formula is C13H24N4O2S. The van der Waals surface area contributed by atoms with Gasteiger partial charge in [-0.15, -0.1) is 0 Å². The lowest BCUT2D eigenvalue weighted by Gasteiger charge is -2.36. The van der Waals surface area contributed by atoms with Gasteiger partial charge in [0.15, 0.2) is 10.6 Å². The SMILES string of the molecule is CCCn1c(CO)nn(CN2CC(C)OCC2C)c1=S. The third-order valence-corrected chi connectivity index (χ3v) is 4.07. The van der Waals surface area contributed by atoms with E-state index < -0.39 is 0 Å². The fourth-order valence-electron chi connectivity index (χ4n) is 2.48. The predicted octanol–water partition coefficient (Wildman–Crippen LogP) is 1.38. The number of hydrogen-bond donors (Lipinski definition) is 1. The van der Waals surface area contributed by atoms with Crippen LogP contribution in [-0.2, 0) is 24.6 Å². The third kappa shape index (κ3) is 3.28. The van der Waals surface area contributed by atoms with E-state index in [0.29, 0.717) is 23.3 Å². The molecule has 2 atom stereocenters. The van der Waals surface area contributed by atoms with E-state index in [1.807, 2.05) is 9.25 Å². The first-order valence-corrected chi connectivity index (χ1v) is 7.60. The van der Waals surface area contributed by atoms with Crippen LogP contribution in [0.2, 0.25) is 0 Å². The van der Waals surface area contributed by atoms with Gasteiger partial charge in [0.05, 0.1) is 19.4 Å². The highest BCUT2D eigenvalue weighted by atomic mass is 32.1. The zero-order valence-electron chi connectivity index (χ0n) is 12.4. The molecule has 1 aromatic rings. The third-order valence-electron chi connectivity index (χ3n) is 3.64. The summed E-state index contributed by atoms with van der Waals surface area (Å²) in [6.07, 6.45) is 1.20. The molecule has 1 fully saturated rings. The van der Waals surface area contributed by atoms with Gasteiger partial charge in [-0.3, -0.25) is 4.90 Å². The van der Waals surface area contributed by atoms with Crippen molar-refractivity contribution >= 4 is 12.2 Å². The van der Waals surface area contributed by atoms with Crippen molar-refractivity contribution in [2.45, 2.75) is 59.2 Å². The molecule has 1 N–H and O–H groups in total. The van der Waals surface area contributed by atoms with Gasteiger partial charge in [-0.05, 0) is 32.5 Å². The predicted molar refractivity (Wildman–Crippen MR) is 78.8 cm³/mol. The van der Waals surface area contributed by atoms with Gasteiger partial charge in [0.1, 0.15) is 6.61 Å². The van der Waals surface area contributed by atoms with E-state index >= 15 is 0 Å². The zero-order chi connectivity index (χ0) is 14.7. The number of ether oxygens (including phenoxy) is 1. The number of nitrogens with zero attached hydrogens (tertiary/aromatic N) is 4. The van der Waals surface area contributed by atoms with E-state index in [4.69, 9.17) is 17.0 Å². The summed E-state index contributed by atoms with van der Waals surface area (Å²) in [7, 11) is 0. The molecule has 0 aromatic carbocycles. The Morgan fingerprint density at radius 1 is 1.45 bits per heavy atom. The molecule has 0 bridgehead atoms. The summed E-state index contributed by atoms with van der Waals surface area (Å²) in [5.41, 5.74) is 0. The normalized spacial score (nSPS) is 24.2. The van der Waals surface area contributed by atoms with Crippen LogP contribution in [0.1, 0.15) is 33.0 Å². The van der Waals surface area contributed by atoms with Crippen LogP contribution in [0.5, 0.6) is 0 Å². The molecule has 20 heavy (non-hydrogen) atoms. The van der Waals surface area contributed by atoms with E-state index in [2.05, 4.69) is 30.8 Å². The van der Waals surface area contributed by atoms with Crippen LogP contribution in [0.25, 0.3) is 0 Å². The van der Waals surface area contributed by atoms with E-state index in [-0.39, 0.29) is 12.7 Å². The number of aliphatic hydroxyl groups is 1. The summed E-state index contributed by atoms with van der Waals surface area (Å²) in [4.78, 5) is 2.31. The molecule has 1 aliphatic heterocycles. The molecule has 1 saturated heterocycles. The van der Waals surface area contributed by atoms with Gasteiger partial charge in [0.25, 0.3) is 0 Å². The Morgan fingerprint density at radius 2 is 2.20 bits per heavy atom. The van der Waals surface area contributed by atoms with Crippen molar-refractivity contribution in [1.82, 2.24) is 19.2 Å². The van der Waals surface area contributed by atoms with E-state index in [1.54, 1.807) is 0 Å². The average Bonchev–Trinajstić information content (AvgIpc) is 2.72. The van der Waals surface area contributed by atoms with Crippen LogP contribution in [0, 0.1) is 4.77 Å². The second kappa shape index (κ2) is 6.80. The highest BCUT2D eigenvalue weighted by Gasteiger charge is 2.24. The largest absolute Gasteiger partial charge is 0.388 e. The van der Waals surface area contributed by atoms with Gasteiger partial charge in [-0.2, -0.15) is 5.10 Å². The minimum Gasteiger partial charge on any atom is -0.388 e. The zero-order valence-corrected chi connectivity index (χ0v) is 13.3. The lowest BCUT2D eigenvalue weighted by atomic mass is 10.2. The minimum atomic E-state index is -0.0777. The number of aliphatic hydroxyl groups excluding tert-OH is 1. The van der Waals surface area contributed by atoms with Crippen LogP contribution >= 0.6 is 12.2 Å². The second-order valence-electron chi connectivity index (χ2n) is 5.41. The summed E-state index contributed by atoms with van der Waals surface area (Å²) < 4.78 is 10.0. The van der Waals surface area contributed by atoms with Crippen LogP contribution in [0.3, 0.4) is 0 Å². The molecule has 0 aliphatic carbocycles. The maximum Gasteiger partial charge on any atom is 0.199 e. The molecule has 0 radical (unpaired) electrons. The van der Waals surface area contributed by atoms with Crippen molar-refractivity contribution in [3.63, 3.8) is 0 Å². The Kier molecular flexibility index (Phi) is 5.31. The maximum atomic E-state index is 9.41. The summed E-state index contributed by atoms with van der Waals surface area (Å²) in [5.74, 6) is 0.644. The fraction of sp³-hybridized carbons (Fsp3) is 0.846. The lowest BCUT2D eigenvalue weighted by Crippen LogP contribution is -2.47. The van der Waals surface area contributed by atoms with Crippen molar-refractivity contribution in [2.24, 2.45) is 0 Å². The molecule has 114 valence electrons. The first-order valence-electron chi connectivity index (χ1n) is 7.19. The van der Waals surface area contributed by atoms with Crippen LogP contribution in [0.4, 0.5) is 0 Å². The molecule has 7 heteroatoms. The molecule has 1 aromatic heterocycles.